The van der Waals surface area contributed by atoms with E-state index in [0.717, 1.165) is 45.1 Å². The second kappa shape index (κ2) is 8.14. The Morgan fingerprint density at radius 1 is 1.06 bits per heavy atom. The number of rotatable bonds is 3. The molecule has 170 valence electrons. The van der Waals surface area contributed by atoms with E-state index in [1.807, 2.05) is 24.1 Å². The van der Waals surface area contributed by atoms with Crippen molar-refractivity contribution in [2.45, 2.75) is 49.5 Å². The average Bonchev–Trinajstić information content (AvgIpc) is 3.38. The largest absolute Gasteiger partial charge is 0.378 e. The molecule has 8 heteroatoms. The Kier molecular flexibility index (Phi) is 5.61. The fourth-order valence-corrected chi connectivity index (χ4v) is 7.45. The first-order chi connectivity index (χ1) is 14.9. The molecule has 0 radical (unpaired) electrons. The molecule has 7 nitrogen and oxygen atoms in total. The maximum Gasteiger partial charge on any atom is 0.243 e. The lowest BCUT2D eigenvalue weighted by Crippen LogP contribution is -2.48. The van der Waals surface area contributed by atoms with Gasteiger partial charge in [-0.25, -0.2) is 8.42 Å². The third-order valence-corrected chi connectivity index (χ3v) is 9.74. The Morgan fingerprint density at radius 3 is 2.52 bits per heavy atom. The monoisotopic (exact) mass is 447 g/mol. The number of likely N-dealkylation sites (N-methyl/N-ethyl adjacent to an activating group) is 1. The minimum Gasteiger partial charge on any atom is -0.378 e. The number of hydrogen-bond donors (Lipinski definition) is 0. The van der Waals surface area contributed by atoms with Gasteiger partial charge in [-0.2, -0.15) is 4.31 Å². The Labute approximate surface area is 185 Å². The molecule has 3 heterocycles. The second-order valence-electron chi connectivity index (χ2n) is 9.76. The number of morpholine rings is 1. The van der Waals surface area contributed by atoms with Gasteiger partial charge in [0.15, 0.2) is 0 Å². The van der Waals surface area contributed by atoms with Crippen LogP contribution in [-0.2, 0) is 32.4 Å². The van der Waals surface area contributed by atoms with Crippen molar-refractivity contribution in [3.63, 3.8) is 0 Å². The number of ether oxygens (including phenoxy) is 1. The van der Waals surface area contributed by atoms with Crippen LogP contribution >= 0.6 is 0 Å². The molecule has 4 aliphatic rings. The third-order valence-electron chi connectivity index (χ3n) is 7.84. The number of hydrogen-bond acceptors (Lipinski definition) is 5. The third kappa shape index (κ3) is 3.92. The van der Waals surface area contributed by atoms with Crippen molar-refractivity contribution in [3.05, 3.63) is 29.3 Å². The van der Waals surface area contributed by atoms with E-state index in [4.69, 9.17) is 4.74 Å². The predicted molar refractivity (Wildman–Crippen MR) is 117 cm³/mol. The van der Waals surface area contributed by atoms with Crippen LogP contribution in [0.15, 0.2) is 23.1 Å². The summed E-state index contributed by atoms with van der Waals surface area (Å²) in [5.41, 5.74) is 2.52. The van der Waals surface area contributed by atoms with E-state index in [-0.39, 0.29) is 17.4 Å². The fraction of sp³-hybridized carbons (Fsp3) is 0.696. The van der Waals surface area contributed by atoms with Gasteiger partial charge >= 0.3 is 0 Å². The smallest absolute Gasteiger partial charge is 0.243 e. The Balaban J connectivity index is 1.25. The van der Waals surface area contributed by atoms with Crippen molar-refractivity contribution in [1.29, 1.82) is 0 Å². The number of carbonyl (C=O) groups is 1. The maximum absolute atomic E-state index is 13.3. The highest BCUT2D eigenvalue weighted by Crippen LogP contribution is 2.44. The Morgan fingerprint density at radius 2 is 1.77 bits per heavy atom. The highest BCUT2D eigenvalue weighted by molar-refractivity contribution is 7.89. The number of amides is 1. The summed E-state index contributed by atoms with van der Waals surface area (Å²) in [5, 5.41) is 0. The molecular weight excluding hydrogens is 414 g/mol. The van der Waals surface area contributed by atoms with Crippen LogP contribution in [0.2, 0.25) is 0 Å². The molecule has 1 atom stereocenters. The fourth-order valence-electron chi connectivity index (χ4n) is 5.96. The summed E-state index contributed by atoms with van der Waals surface area (Å²) >= 11 is 0. The van der Waals surface area contributed by atoms with E-state index in [2.05, 4.69) is 4.90 Å². The molecule has 0 N–H and O–H groups in total. The van der Waals surface area contributed by atoms with Crippen molar-refractivity contribution in [1.82, 2.24) is 14.1 Å². The zero-order valence-corrected chi connectivity index (χ0v) is 19.2. The Bertz CT molecular complexity index is 950. The van der Waals surface area contributed by atoms with Crippen LogP contribution in [0, 0.1) is 5.41 Å². The normalized spacial score (nSPS) is 27.0. The van der Waals surface area contributed by atoms with Gasteiger partial charge < -0.3 is 9.64 Å². The van der Waals surface area contributed by atoms with Gasteiger partial charge in [-0.15, -0.1) is 0 Å². The van der Waals surface area contributed by atoms with E-state index in [0.29, 0.717) is 44.3 Å². The van der Waals surface area contributed by atoms with E-state index < -0.39 is 10.0 Å². The molecule has 1 spiro atoms. The quantitative estimate of drug-likeness (QED) is 0.703. The molecule has 1 aromatic rings. The van der Waals surface area contributed by atoms with Crippen LogP contribution in [0.4, 0.5) is 0 Å². The molecule has 1 amide bonds. The van der Waals surface area contributed by atoms with Crippen LogP contribution in [-0.4, -0.2) is 87.5 Å². The summed E-state index contributed by atoms with van der Waals surface area (Å²) in [4.78, 5) is 17.6. The second-order valence-corrected chi connectivity index (χ2v) is 11.7. The summed E-state index contributed by atoms with van der Waals surface area (Å²) in [7, 11) is -1.43. The lowest BCUT2D eigenvalue weighted by molar-refractivity contribution is -0.139. The van der Waals surface area contributed by atoms with Gasteiger partial charge in [0.05, 0.1) is 24.2 Å². The van der Waals surface area contributed by atoms with Gasteiger partial charge in [0.1, 0.15) is 0 Å². The molecule has 3 saturated heterocycles. The topological polar surface area (TPSA) is 70.2 Å². The first-order valence-electron chi connectivity index (χ1n) is 11.6. The first kappa shape index (κ1) is 21.4. The SMILES string of the molecule is CN1CC2(CCN(S(=O)(=O)c3ccc4c(c3)CCC4)CC2)CC1C(=O)N1CCOCC1. The summed E-state index contributed by atoms with van der Waals surface area (Å²) in [6.45, 7) is 4.50. The van der Waals surface area contributed by atoms with Crippen molar-refractivity contribution < 1.29 is 17.9 Å². The molecule has 0 saturated carbocycles. The van der Waals surface area contributed by atoms with E-state index in [1.165, 1.54) is 11.1 Å². The van der Waals surface area contributed by atoms with Gasteiger partial charge in [0.25, 0.3) is 0 Å². The molecule has 5 rings (SSSR count). The predicted octanol–water partition coefficient (Wildman–Crippen LogP) is 1.51. The van der Waals surface area contributed by atoms with Crippen molar-refractivity contribution in [2.24, 2.45) is 5.41 Å². The minimum atomic E-state index is -3.46. The van der Waals surface area contributed by atoms with Crippen LogP contribution in [0.3, 0.4) is 0 Å². The summed E-state index contributed by atoms with van der Waals surface area (Å²) < 4.78 is 33.6. The lowest BCUT2D eigenvalue weighted by Gasteiger charge is -2.38. The number of aryl methyl sites for hydroxylation is 2. The van der Waals surface area contributed by atoms with Gasteiger partial charge in [0.2, 0.25) is 15.9 Å². The van der Waals surface area contributed by atoms with Crippen LogP contribution < -0.4 is 0 Å². The number of carbonyl (C=O) groups excluding carboxylic acids is 1. The van der Waals surface area contributed by atoms with Gasteiger partial charge in [-0.1, -0.05) is 6.07 Å². The highest BCUT2D eigenvalue weighted by Gasteiger charge is 2.48. The zero-order valence-electron chi connectivity index (χ0n) is 18.4. The molecule has 3 aliphatic heterocycles. The number of benzene rings is 1. The molecule has 1 aromatic carbocycles. The van der Waals surface area contributed by atoms with Crippen LogP contribution in [0.5, 0.6) is 0 Å². The molecule has 3 fully saturated rings. The van der Waals surface area contributed by atoms with Crippen LogP contribution in [0.25, 0.3) is 0 Å². The molecule has 0 aromatic heterocycles. The number of piperidine rings is 1. The van der Waals surface area contributed by atoms with Crippen LogP contribution in [0.1, 0.15) is 36.8 Å². The Hall–Kier alpha value is -1.48. The van der Waals surface area contributed by atoms with Crippen molar-refractivity contribution >= 4 is 15.9 Å². The molecular formula is C23H33N3O4S. The number of likely N-dealkylation sites (tertiary alicyclic amines) is 1. The molecule has 1 unspecified atom stereocenters. The minimum absolute atomic E-state index is 0.0331. The number of fused-ring (bicyclic) bond motifs is 1. The van der Waals surface area contributed by atoms with E-state index in [1.54, 1.807) is 10.4 Å². The maximum atomic E-state index is 13.3. The summed E-state index contributed by atoms with van der Waals surface area (Å²) in [6, 6.07) is 5.57. The number of sulfonamides is 1. The summed E-state index contributed by atoms with van der Waals surface area (Å²) in [6.07, 6.45) is 5.60. The lowest BCUT2D eigenvalue weighted by atomic mass is 9.77. The molecule has 0 bridgehead atoms. The van der Waals surface area contributed by atoms with E-state index >= 15 is 0 Å². The molecule has 1 aliphatic carbocycles. The molecule has 31 heavy (non-hydrogen) atoms. The average molecular weight is 448 g/mol. The first-order valence-corrected chi connectivity index (χ1v) is 13.0. The van der Waals surface area contributed by atoms with Crippen molar-refractivity contribution in [2.75, 3.05) is 53.0 Å². The van der Waals surface area contributed by atoms with Gasteiger partial charge in [0, 0.05) is 32.7 Å². The summed E-state index contributed by atoms with van der Waals surface area (Å²) in [5.74, 6) is 0.205. The number of nitrogens with zero attached hydrogens (tertiary/aromatic N) is 3. The van der Waals surface area contributed by atoms with Gasteiger partial charge in [-0.3, -0.25) is 9.69 Å². The van der Waals surface area contributed by atoms with Gasteiger partial charge in [-0.05, 0) is 74.2 Å². The van der Waals surface area contributed by atoms with Crippen molar-refractivity contribution in [3.8, 4) is 0 Å². The van der Waals surface area contributed by atoms with E-state index in [9.17, 15) is 13.2 Å². The zero-order chi connectivity index (χ0) is 21.6. The standard InChI is InChI=1S/C23H33N3O4S/c1-24-17-23(16-21(24)22(27)25-11-13-30-14-12-25)7-9-26(10-8-23)31(28,29)20-6-5-18-3-2-4-19(18)15-20/h5-6,15,21H,2-4,7-14,16-17H2,1H3. The highest BCUT2D eigenvalue weighted by atomic mass is 32.2.